The number of hydrogen-bond acceptors (Lipinski definition) is 4. The first-order valence-corrected chi connectivity index (χ1v) is 7.16. The van der Waals surface area contributed by atoms with Crippen LogP contribution >= 0.6 is 0 Å². The van der Waals surface area contributed by atoms with E-state index in [1.807, 2.05) is 43.7 Å². The zero-order valence-electron chi connectivity index (χ0n) is 12.9. The van der Waals surface area contributed by atoms with Crippen LogP contribution in [0.2, 0.25) is 0 Å². The molecular formula is C16H21N3O3. The summed E-state index contributed by atoms with van der Waals surface area (Å²) in [4.78, 5) is 11.6. The summed E-state index contributed by atoms with van der Waals surface area (Å²) >= 11 is 0. The fourth-order valence-electron chi connectivity index (χ4n) is 1.96. The number of rotatable bonds is 8. The largest absolute Gasteiger partial charge is 0.484 e. The summed E-state index contributed by atoms with van der Waals surface area (Å²) in [6.07, 6.45) is 4.55. The van der Waals surface area contributed by atoms with Gasteiger partial charge in [0.2, 0.25) is 0 Å². The van der Waals surface area contributed by atoms with Crippen LogP contribution in [-0.2, 0) is 16.6 Å². The number of carbonyl (C=O) groups is 1. The first-order valence-electron chi connectivity index (χ1n) is 7.16. The van der Waals surface area contributed by atoms with Crippen molar-refractivity contribution in [1.82, 2.24) is 15.1 Å². The molecule has 0 fully saturated rings. The van der Waals surface area contributed by atoms with Gasteiger partial charge in [0.25, 0.3) is 5.91 Å². The molecule has 2 aromatic rings. The molecule has 1 aromatic heterocycles. The van der Waals surface area contributed by atoms with Crippen molar-refractivity contribution < 1.29 is 14.3 Å². The summed E-state index contributed by atoms with van der Waals surface area (Å²) in [7, 11) is 3.52. The Hall–Kier alpha value is -2.34. The molecule has 0 atom stereocenters. The van der Waals surface area contributed by atoms with Gasteiger partial charge >= 0.3 is 0 Å². The van der Waals surface area contributed by atoms with E-state index in [4.69, 9.17) is 9.47 Å². The Morgan fingerprint density at radius 3 is 2.68 bits per heavy atom. The number of aromatic nitrogens is 2. The molecule has 0 aliphatic rings. The van der Waals surface area contributed by atoms with Gasteiger partial charge in [-0.3, -0.25) is 9.48 Å². The summed E-state index contributed by atoms with van der Waals surface area (Å²) in [5.74, 6) is 0.534. The van der Waals surface area contributed by atoms with E-state index in [2.05, 4.69) is 10.4 Å². The molecule has 0 aliphatic heterocycles. The molecule has 1 heterocycles. The van der Waals surface area contributed by atoms with Gasteiger partial charge < -0.3 is 14.8 Å². The number of methoxy groups -OCH3 is 1. The monoisotopic (exact) mass is 303 g/mol. The van der Waals surface area contributed by atoms with Gasteiger partial charge in [0, 0.05) is 39.1 Å². The van der Waals surface area contributed by atoms with Gasteiger partial charge in [-0.25, -0.2) is 0 Å². The number of nitrogens with one attached hydrogen (secondary N) is 1. The minimum atomic E-state index is -0.132. The third kappa shape index (κ3) is 4.89. The van der Waals surface area contributed by atoms with Crippen molar-refractivity contribution in [3.8, 4) is 16.9 Å². The van der Waals surface area contributed by atoms with Crippen LogP contribution in [-0.4, -0.2) is 42.6 Å². The lowest BCUT2D eigenvalue weighted by Crippen LogP contribution is -2.30. The predicted molar refractivity (Wildman–Crippen MR) is 83.6 cm³/mol. The second-order valence-electron chi connectivity index (χ2n) is 4.91. The topological polar surface area (TPSA) is 65.4 Å². The molecule has 1 N–H and O–H groups in total. The summed E-state index contributed by atoms with van der Waals surface area (Å²) in [5.41, 5.74) is 2.11. The van der Waals surface area contributed by atoms with Crippen LogP contribution in [0.5, 0.6) is 5.75 Å². The lowest BCUT2D eigenvalue weighted by molar-refractivity contribution is -0.123. The van der Waals surface area contributed by atoms with Gasteiger partial charge in [-0.2, -0.15) is 5.10 Å². The standard InChI is InChI=1S/C16H21N3O3/c1-19-11-14(10-18-19)13-4-6-15(7-5-13)22-12-16(20)17-8-3-9-21-2/h4-7,10-11H,3,8-9,12H2,1-2H3,(H,17,20). The molecule has 1 aromatic carbocycles. The number of ether oxygens (including phenoxy) is 2. The number of amides is 1. The molecule has 0 spiro atoms. The number of carbonyl (C=O) groups excluding carboxylic acids is 1. The lowest BCUT2D eigenvalue weighted by Gasteiger charge is -2.08. The first-order chi connectivity index (χ1) is 10.7. The molecule has 1 amide bonds. The van der Waals surface area contributed by atoms with Crippen LogP contribution in [0.4, 0.5) is 0 Å². The molecule has 0 radical (unpaired) electrons. The summed E-state index contributed by atoms with van der Waals surface area (Å²) in [5, 5.41) is 6.91. The Morgan fingerprint density at radius 1 is 1.27 bits per heavy atom. The number of benzene rings is 1. The van der Waals surface area contributed by atoms with Crippen molar-refractivity contribution in [2.45, 2.75) is 6.42 Å². The number of nitrogens with zero attached hydrogens (tertiary/aromatic N) is 2. The van der Waals surface area contributed by atoms with Crippen molar-refractivity contribution in [1.29, 1.82) is 0 Å². The molecule has 0 saturated heterocycles. The highest BCUT2D eigenvalue weighted by atomic mass is 16.5. The quantitative estimate of drug-likeness (QED) is 0.753. The Kier molecular flexibility index (Phi) is 5.97. The molecule has 118 valence electrons. The van der Waals surface area contributed by atoms with Crippen LogP contribution in [0.15, 0.2) is 36.7 Å². The molecule has 0 unspecified atom stereocenters. The highest BCUT2D eigenvalue weighted by Crippen LogP contribution is 2.21. The normalized spacial score (nSPS) is 10.5. The SMILES string of the molecule is COCCCNC(=O)COc1ccc(-c2cnn(C)c2)cc1. The summed E-state index contributed by atoms with van der Waals surface area (Å²) < 4.78 is 12.1. The van der Waals surface area contributed by atoms with E-state index < -0.39 is 0 Å². The van der Waals surface area contributed by atoms with Crippen LogP contribution in [0.1, 0.15) is 6.42 Å². The fraction of sp³-hybridized carbons (Fsp3) is 0.375. The van der Waals surface area contributed by atoms with Gasteiger partial charge in [0.15, 0.2) is 6.61 Å². The maximum absolute atomic E-state index is 11.6. The second kappa shape index (κ2) is 8.19. The average molecular weight is 303 g/mol. The Balaban J connectivity index is 1.78. The molecule has 6 heteroatoms. The van der Waals surface area contributed by atoms with Gasteiger partial charge in [-0.05, 0) is 24.1 Å². The first kappa shape index (κ1) is 16.0. The van der Waals surface area contributed by atoms with Crippen molar-refractivity contribution >= 4 is 5.91 Å². The second-order valence-corrected chi connectivity index (χ2v) is 4.91. The Bertz CT molecular complexity index is 593. The van der Waals surface area contributed by atoms with Crippen molar-refractivity contribution in [3.05, 3.63) is 36.7 Å². The van der Waals surface area contributed by atoms with E-state index in [0.29, 0.717) is 18.9 Å². The van der Waals surface area contributed by atoms with E-state index in [1.165, 1.54) is 0 Å². The molecule has 22 heavy (non-hydrogen) atoms. The number of aryl methyl sites for hydroxylation is 1. The highest BCUT2D eigenvalue weighted by molar-refractivity contribution is 5.77. The molecule has 0 saturated carbocycles. The van der Waals surface area contributed by atoms with Crippen molar-refractivity contribution in [2.75, 3.05) is 26.9 Å². The van der Waals surface area contributed by atoms with E-state index >= 15 is 0 Å². The minimum Gasteiger partial charge on any atom is -0.484 e. The van der Waals surface area contributed by atoms with Gasteiger partial charge in [0.05, 0.1) is 6.20 Å². The van der Waals surface area contributed by atoms with E-state index in [9.17, 15) is 4.79 Å². The smallest absolute Gasteiger partial charge is 0.257 e. The van der Waals surface area contributed by atoms with Gasteiger partial charge in [-0.15, -0.1) is 0 Å². The summed E-state index contributed by atoms with van der Waals surface area (Å²) in [6.45, 7) is 1.24. The number of hydrogen-bond donors (Lipinski definition) is 1. The van der Waals surface area contributed by atoms with Crippen molar-refractivity contribution in [3.63, 3.8) is 0 Å². The zero-order valence-corrected chi connectivity index (χ0v) is 12.9. The minimum absolute atomic E-state index is 0.0131. The Labute approximate surface area is 130 Å². The summed E-state index contributed by atoms with van der Waals surface area (Å²) in [6, 6.07) is 7.59. The van der Waals surface area contributed by atoms with Crippen LogP contribution in [0, 0.1) is 0 Å². The zero-order chi connectivity index (χ0) is 15.8. The Morgan fingerprint density at radius 2 is 2.05 bits per heavy atom. The maximum Gasteiger partial charge on any atom is 0.257 e. The third-order valence-electron chi connectivity index (χ3n) is 3.11. The van der Waals surface area contributed by atoms with Gasteiger partial charge in [-0.1, -0.05) is 12.1 Å². The van der Waals surface area contributed by atoms with E-state index in [1.54, 1.807) is 11.8 Å². The fourth-order valence-corrected chi connectivity index (χ4v) is 1.96. The molecule has 0 bridgehead atoms. The van der Waals surface area contributed by atoms with E-state index in [-0.39, 0.29) is 12.5 Å². The molecule has 2 rings (SSSR count). The van der Waals surface area contributed by atoms with Crippen LogP contribution in [0.3, 0.4) is 0 Å². The maximum atomic E-state index is 11.6. The van der Waals surface area contributed by atoms with Gasteiger partial charge in [0.1, 0.15) is 5.75 Å². The van der Waals surface area contributed by atoms with Crippen molar-refractivity contribution in [2.24, 2.45) is 7.05 Å². The highest BCUT2D eigenvalue weighted by Gasteiger charge is 2.04. The van der Waals surface area contributed by atoms with E-state index in [0.717, 1.165) is 17.5 Å². The third-order valence-corrected chi connectivity index (χ3v) is 3.11. The van der Waals surface area contributed by atoms with Crippen LogP contribution < -0.4 is 10.1 Å². The average Bonchev–Trinajstić information content (AvgIpc) is 2.96. The molecule has 6 nitrogen and oxygen atoms in total. The molecule has 0 aliphatic carbocycles. The lowest BCUT2D eigenvalue weighted by atomic mass is 10.1. The molecular weight excluding hydrogens is 282 g/mol. The predicted octanol–water partition coefficient (Wildman–Crippen LogP) is 1.62. The van der Waals surface area contributed by atoms with Crippen LogP contribution in [0.25, 0.3) is 11.1 Å².